The van der Waals surface area contributed by atoms with Gasteiger partial charge in [-0.2, -0.15) is 5.10 Å². The van der Waals surface area contributed by atoms with Crippen molar-refractivity contribution in [1.82, 2.24) is 9.78 Å². The zero-order valence-electron chi connectivity index (χ0n) is 21.6. The molecule has 1 aromatic carbocycles. The second-order valence-corrected chi connectivity index (χ2v) is 9.72. The Morgan fingerprint density at radius 1 is 1.15 bits per heavy atom. The molecule has 0 saturated carbocycles. The quantitative estimate of drug-likeness (QED) is 0.201. The number of benzene rings is 1. The second kappa shape index (κ2) is 11.3. The number of hydrogen-bond acceptors (Lipinski definition) is 5. The molecule has 1 heterocycles. The van der Waals surface area contributed by atoms with Crippen molar-refractivity contribution in [3.8, 4) is 0 Å². The molecular weight excluding hydrogens is 414 g/mol. The summed E-state index contributed by atoms with van der Waals surface area (Å²) in [6.07, 6.45) is 1.36. The molecule has 1 unspecified atom stereocenters. The number of allylic oxidation sites excluding steroid dienone is 1. The SMILES string of the molecule is CCn1nc(C)cc1/C(OC(C)OC(=O)CC(C)C)=C(\C=N/C)c1ccc(C(C)(C)C)cc1. The molecule has 0 aliphatic rings. The van der Waals surface area contributed by atoms with E-state index < -0.39 is 6.29 Å². The summed E-state index contributed by atoms with van der Waals surface area (Å²) in [5.41, 5.74) is 4.76. The first-order chi connectivity index (χ1) is 15.5. The minimum Gasteiger partial charge on any atom is -0.452 e. The number of aromatic nitrogens is 2. The smallest absolute Gasteiger partial charge is 0.309 e. The maximum absolute atomic E-state index is 12.2. The van der Waals surface area contributed by atoms with Gasteiger partial charge in [0.2, 0.25) is 6.29 Å². The molecule has 0 radical (unpaired) electrons. The lowest BCUT2D eigenvalue weighted by molar-refractivity contribution is -0.165. The van der Waals surface area contributed by atoms with E-state index in [1.807, 2.05) is 38.4 Å². The molecule has 2 aromatic rings. The van der Waals surface area contributed by atoms with E-state index in [1.54, 1.807) is 20.2 Å². The van der Waals surface area contributed by atoms with Crippen LogP contribution in [-0.4, -0.2) is 35.3 Å². The van der Waals surface area contributed by atoms with Gasteiger partial charge in [-0.3, -0.25) is 14.5 Å². The van der Waals surface area contributed by atoms with Crippen molar-refractivity contribution in [3.63, 3.8) is 0 Å². The highest BCUT2D eigenvalue weighted by atomic mass is 16.7. The highest BCUT2D eigenvalue weighted by Crippen LogP contribution is 2.31. The summed E-state index contributed by atoms with van der Waals surface area (Å²) in [4.78, 5) is 16.5. The van der Waals surface area contributed by atoms with Crippen LogP contribution in [0.5, 0.6) is 0 Å². The largest absolute Gasteiger partial charge is 0.452 e. The van der Waals surface area contributed by atoms with Gasteiger partial charge in [0.15, 0.2) is 5.76 Å². The van der Waals surface area contributed by atoms with Gasteiger partial charge in [-0.05, 0) is 42.4 Å². The van der Waals surface area contributed by atoms with Crippen molar-refractivity contribution in [2.24, 2.45) is 10.9 Å². The van der Waals surface area contributed by atoms with Crippen molar-refractivity contribution in [3.05, 3.63) is 52.8 Å². The average molecular weight is 454 g/mol. The molecular formula is C27H39N3O3. The van der Waals surface area contributed by atoms with Crippen LogP contribution in [0.3, 0.4) is 0 Å². The summed E-state index contributed by atoms with van der Waals surface area (Å²) in [7, 11) is 1.73. The Bertz CT molecular complexity index is 993. The van der Waals surface area contributed by atoms with Crippen molar-refractivity contribution < 1.29 is 14.3 Å². The molecule has 6 nitrogen and oxygen atoms in total. The number of aryl methyl sites for hydroxylation is 2. The number of esters is 1. The third-order valence-electron chi connectivity index (χ3n) is 5.16. The van der Waals surface area contributed by atoms with Gasteiger partial charge in [-0.15, -0.1) is 0 Å². The Labute approximate surface area is 198 Å². The summed E-state index contributed by atoms with van der Waals surface area (Å²) in [5, 5.41) is 4.59. The fourth-order valence-electron chi connectivity index (χ4n) is 3.53. The van der Waals surface area contributed by atoms with Crippen LogP contribution in [0.2, 0.25) is 0 Å². The highest BCUT2D eigenvalue weighted by molar-refractivity contribution is 6.18. The van der Waals surface area contributed by atoms with E-state index in [-0.39, 0.29) is 17.3 Å². The van der Waals surface area contributed by atoms with Crippen LogP contribution in [0.1, 0.15) is 77.4 Å². The lowest BCUT2D eigenvalue weighted by Gasteiger charge is -2.22. The maximum Gasteiger partial charge on any atom is 0.309 e. The maximum atomic E-state index is 12.2. The molecule has 0 fully saturated rings. The molecule has 2 rings (SSSR count). The Morgan fingerprint density at radius 3 is 2.30 bits per heavy atom. The van der Waals surface area contributed by atoms with Crippen LogP contribution < -0.4 is 0 Å². The lowest BCUT2D eigenvalue weighted by Crippen LogP contribution is -2.20. The van der Waals surface area contributed by atoms with Crippen molar-refractivity contribution in [1.29, 1.82) is 0 Å². The summed E-state index contributed by atoms with van der Waals surface area (Å²) >= 11 is 0. The molecule has 0 amide bonds. The standard InChI is InChI=1S/C27H39N3O3/c1-10-30-24(16-19(4)29-30)26(33-20(5)32-25(31)15-18(2)3)23(17-28-9)21-11-13-22(14-12-21)27(6,7)8/h11-14,16-18,20H,10,15H2,1-9H3/b26-23-,28-17-. The van der Waals surface area contributed by atoms with Gasteiger partial charge in [0, 0.05) is 38.7 Å². The number of nitrogens with zero attached hydrogens (tertiary/aromatic N) is 3. The molecule has 0 bridgehead atoms. The number of carbonyl (C=O) groups excluding carboxylic acids is 1. The van der Waals surface area contributed by atoms with Crippen LogP contribution in [-0.2, 0) is 26.2 Å². The molecule has 1 atom stereocenters. The first-order valence-electron chi connectivity index (χ1n) is 11.6. The van der Waals surface area contributed by atoms with Crippen molar-refractivity contribution in [2.45, 2.75) is 80.1 Å². The molecule has 0 aliphatic heterocycles. The normalized spacial score (nSPS) is 13.9. The number of carbonyl (C=O) groups is 1. The topological polar surface area (TPSA) is 65.7 Å². The Hall–Kier alpha value is -2.89. The molecule has 1 aromatic heterocycles. The molecule has 6 heteroatoms. The molecule has 0 aliphatic carbocycles. The van der Waals surface area contributed by atoms with Crippen molar-refractivity contribution >= 4 is 23.5 Å². The summed E-state index contributed by atoms with van der Waals surface area (Å²) in [5.74, 6) is 0.515. The van der Waals surface area contributed by atoms with Gasteiger partial charge in [0.1, 0.15) is 5.69 Å². The molecule has 0 N–H and O–H groups in total. The molecule has 0 spiro atoms. The van der Waals surface area contributed by atoms with Crippen molar-refractivity contribution in [2.75, 3.05) is 7.05 Å². The van der Waals surface area contributed by atoms with Gasteiger partial charge in [-0.1, -0.05) is 58.9 Å². The number of ether oxygens (including phenoxy) is 2. The predicted octanol–water partition coefficient (Wildman–Crippen LogP) is 6.03. The van der Waals surface area contributed by atoms with Crippen LogP contribution in [0.4, 0.5) is 0 Å². The number of rotatable bonds is 9. The third-order valence-corrected chi connectivity index (χ3v) is 5.16. The molecule has 180 valence electrons. The van der Waals surface area contributed by atoms with E-state index in [9.17, 15) is 4.79 Å². The number of hydrogen-bond donors (Lipinski definition) is 0. The van der Waals surface area contributed by atoms with E-state index in [0.29, 0.717) is 18.7 Å². The van der Waals surface area contributed by atoms with E-state index in [2.05, 4.69) is 55.1 Å². The van der Waals surface area contributed by atoms with Crippen LogP contribution in [0.25, 0.3) is 11.3 Å². The first-order valence-corrected chi connectivity index (χ1v) is 11.6. The Morgan fingerprint density at radius 2 is 1.79 bits per heavy atom. The third kappa shape index (κ3) is 7.31. The first kappa shape index (κ1) is 26.4. The van der Waals surface area contributed by atoms with Crippen LogP contribution >= 0.6 is 0 Å². The van der Waals surface area contributed by atoms with E-state index in [0.717, 1.165) is 22.5 Å². The van der Waals surface area contributed by atoms with Gasteiger partial charge in [-0.25, -0.2) is 0 Å². The van der Waals surface area contributed by atoms with Gasteiger partial charge >= 0.3 is 5.97 Å². The highest BCUT2D eigenvalue weighted by Gasteiger charge is 2.22. The fourth-order valence-corrected chi connectivity index (χ4v) is 3.53. The van der Waals surface area contributed by atoms with Gasteiger partial charge in [0.25, 0.3) is 0 Å². The van der Waals surface area contributed by atoms with E-state index in [1.165, 1.54) is 5.56 Å². The minimum atomic E-state index is -0.763. The fraction of sp³-hybridized carbons (Fsp3) is 0.519. The second-order valence-electron chi connectivity index (χ2n) is 9.72. The zero-order chi connectivity index (χ0) is 24.8. The number of aliphatic imine (C=N–C) groups is 1. The van der Waals surface area contributed by atoms with Gasteiger partial charge in [0.05, 0.1) is 5.69 Å². The molecule has 0 saturated heterocycles. The summed E-state index contributed by atoms with van der Waals surface area (Å²) in [6.45, 7) is 16.9. The Kier molecular flexibility index (Phi) is 9.03. The predicted molar refractivity (Wildman–Crippen MR) is 135 cm³/mol. The Balaban J connectivity index is 2.59. The van der Waals surface area contributed by atoms with E-state index in [4.69, 9.17) is 9.47 Å². The molecule has 33 heavy (non-hydrogen) atoms. The van der Waals surface area contributed by atoms with E-state index >= 15 is 0 Å². The summed E-state index contributed by atoms with van der Waals surface area (Å²) < 4.78 is 13.7. The average Bonchev–Trinajstić information content (AvgIpc) is 3.10. The van der Waals surface area contributed by atoms with Gasteiger partial charge < -0.3 is 9.47 Å². The lowest BCUT2D eigenvalue weighted by atomic mass is 9.86. The minimum absolute atomic E-state index is 0.0532. The summed E-state index contributed by atoms with van der Waals surface area (Å²) in [6, 6.07) is 10.4. The van der Waals surface area contributed by atoms with Crippen LogP contribution in [0.15, 0.2) is 35.3 Å². The zero-order valence-corrected chi connectivity index (χ0v) is 21.6. The van der Waals surface area contributed by atoms with Crippen LogP contribution in [0, 0.1) is 12.8 Å². The monoisotopic (exact) mass is 453 g/mol.